The smallest absolute Gasteiger partial charge is 0.238 e. The van der Waals surface area contributed by atoms with Gasteiger partial charge in [0, 0.05) is 32.9 Å². The molecule has 0 amide bonds. The van der Waals surface area contributed by atoms with Crippen LogP contribution in [-0.4, -0.2) is 19.5 Å². The molecule has 54 heavy (non-hydrogen) atoms. The highest BCUT2D eigenvalue weighted by atomic mass is 15.2. The molecule has 1 aliphatic carbocycles. The Balaban J connectivity index is 1.27. The summed E-state index contributed by atoms with van der Waals surface area (Å²) < 4.78 is 2.29. The van der Waals surface area contributed by atoms with Crippen molar-refractivity contribution in [2.24, 2.45) is 0 Å². The second kappa shape index (κ2) is 11.5. The van der Waals surface area contributed by atoms with Crippen LogP contribution in [0.1, 0.15) is 25.0 Å². The number of rotatable bonds is 4. The summed E-state index contributed by atoms with van der Waals surface area (Å²) in [6.07, 6.45) is 0. The minimum Gasteiger partial charge on any atom is -0.277 e. The minimum atomic E-state index is -0.189. The van der Waals surface area contributed by atoms with Crippen LogP contribution >= 0.6 is 0 Å². The molecule has 0 spiro atoms. The predicted molar refractivity (Wildman–Crippen MR) is 223 cm³/mol. The Morgan fingerprint density at radius 3 is 1.91 bits per heavy atom. The van der Waals surface area contributed by atoms with E-state index in [4.69, 9.17) is 15.0 Å². The SMILES string of the molecule is CC1(C)c2ccccc2-c2cccc(-c3cccc4c5c6ccccc6ccc5n(-c5nc(-c6ccccc6)nc(-c6ccc7ccccc7c6)n5)c34)c21. The van der Waals surface area contributed by atoms with Crippen molar-refractivity contribution in [3.05, 3.63) is 181 Å². The molecule has 8 aromatic carbocycles. The monoisotopic (exact) mass is 690 g/mol. The lowest BCUT2D eigenvalue weighted by atomic mass is 9.78. The lowest BCUT2D eigenvalue weighted by Gasteiger charge is -2.25. The number of para-hydroxylation sites is 1. The molecule has 0 atom stereocenters. The molecule has 0 saturated heterocycles. The highest BCUT2D eigenvalue weighted by Crippen LogP contribution is 2.53. The molecule has 0 bridgehead atoms. The molecule has 0 N–H and O–H groups in total. The lowest BCUT2D eigenvalue weighted by molar-refractivity contribution is 0.662. The second-order valence-electron chi connectivity index (χ2n) is 14.8. The quantitative estimate of drug-likeness (QED) is 0.185. The molecule has 4 heteroatoms. The van der Waals surface area contributed by atoms with Crippen molar-refractivity contribution in [1.29, 1.82) is 0 Å². The van der Waals surface area contributed by atoms with Gasteiger partial charge in [0.1, 0.15) is 0 Å². The lowest BCUT2D eigenvalue weighted by Crippen LogP contribution is -2.16. The van der Waals surface area contributed by atoms with Crippen LogP contribution in [0, 0.1) is 0 Å². The Hall–Kier alpha value is -6.91. The molecule has 0 radical (unpaired) electrons. The van der Waals surface area contributed by atoms with Crippen LogP contribution in [0.25, 0.3) is 94.3 Å². The van der Waals surface area contributed by atoms with Crippen molar-refractivity contribution < 1.29 is 0 Å². The molecule has 2 heterocycles. The first-order valence-corrected chi connectivity index (χ1v) is 18.5. The summed E-state index contributed by atoms with van der Waals surface area (Å²) in [6.45, 7) is 4.72. The van der Waals surface area contributed by atoms with Crippen molar-refractivity contribution in [3.63, 3.8) is 0 Å². The second-order valence-corrected chi connectivity index (χ2v) is 14.8. The van der Waals surface area contributed by atoms with Crippen LogP contribution in [-0.2, 0) is 5.41 Å². The van der Waals surface area contributed by atoms with Gasteiger partial charge in [-0.15, -0.1) is 0 Å². The third-order valence-corrected chi connectivity index (χ3v) is 11.4. The van der Waals surface area contributed by atoms with Gasteiger partial charge in [-0.05, 0) is 61.5 Å². The van der Waals surface area contributed by atoms with Crippen LogP contribution in [0.3, 0.4) is 0 Å². The number of hydrogen-bond donors (Lipinski definition) is 0. The van der Waals surface area contributed by atoms with Crippen LogP contribution < -0.4 is 0 Å². The van der Waals surface area contributed by atoms with E-state index < -0.39 is 0 Å². The molecule has 0 saturated carbocycles. The molecule has 254 valence electrons. The highest BCUT2D eigenvalue weighted by Gasteiger charge is 2.38. The number of fused-ring (bicyclic) bond motifs is 9. The van der Waals surface area contributed by atoms with Gasteiger partial charge in [-0.2, -0.15) is 9.97 Å². The Bertz CT molecular complexity index is 3140. The standard InChI is InChI=1S/C50H34N4/c1-50(2)42-25-11-10-20-37(42)38-21-12-22-39(45(38)50)40-23-13-24-41-44-36-19-9-8-15-32(36)28-29-43(44)54(46(40)41)49-52-47(33-16-4-3-5-17-33)51-48(53-49)35-27-26-31-14-6-7-18-34(31)30-35/h3-30H,1-2H3. The van der Waals surface area contributed by atoms with Gasteiger partial charge >= 0.3 is 0 Å². The molecule has 10 aromatic rings. The number of hydrogen-bond acceptors (Lipinski definition) is 3. The van der Waals surface area contributed by atoms with Gasteiger partial charge in [0.2, 0.25) is 5.95 Å². The summed E-state index contributed by atoms with van der Waals surface area (Å²) in [5, 5.41) is 7.08. The van der Waals surface area contributed by atoms with Gasteiger partial charge in [-0.1, -0.05) is 172 Å². The fourth-order valence-corrected chi connectivity index (χ4v) is 8.97. The largest absolute Gasteiger partial charge is 0.277 e. The van der Waals surface area contributed by atoms with Gasteiger partial charge in [0.05, 0.1) is 11.0 Å². The van der Waals surface area contributed by atoms with E-state index in [-0.39, 0.29) is 5.41 Å². The van der Waals surface area contributed by atoms with E-state index in [1.54, 1.807) is 0 Å². The van der Waals surface area contributed by atoms with Crippen LogP contribution in [0.15, 0.2) is 170 Å². The van der Waals surface area contributed by atoms with Gasteiger partial charge < -0.3 is 0 Å². The fraction of sp³-hybridized carbons (Fsp3) is 0.0600. The summed E-state index contributed by atoms with van der Waals surface area (Å²) >= 11 is 0. The normalized spacial score (nSPS) is 13.1. The zero-order valence-corrected chi connectivity index (χ0v) is 30.0. The molecule has 0 unspecified atom stereocenters. The third kappa shape index (κ3) is 4.47. The topological polar surface area (TPSA) is 43.6 Å². The molecule has 0 aliphatic heterocycles. The average Bonchev–Trinajstić information content (AvgIpc) is 3.70. The number of nitrogens with zero attached hydrogens (tertiary/aromatic N) is 4. The Kier molecular flexibility index (Phi) is 6.56. The first-order chi connectivity index (χ1) is 26.5. The first kappa shape index (κ1) is 30.7. The molecule has 1 aliphatic rings. The van der Waals surface area contributed by atoms with Crippen molar-refractivity contribution in [2.45, 2.75) is 19.3 Å². The minimum absolute atomic E-state index is 0.189. The van der Waals surface area contributed by atoms with Crippen LogP contribution in [0.2, 0.25) is 0 Å². The van der Waals surface area contributed by atoms with Gasteiger partial charge in [0.15, 0.2) is 11.6 Å². The van der Waals surface area contributed by atoms with E-state index in [0.717, 1.165) is 33.1 Å². The third-order valence-electron chi connectivity index (χ3n) is 11.4. The van der Waals surface area contributed by atoms with Crippen molar-refractivity contribution in [3.8, 4) is 51.0 Å². The fourth-order valence-electron chi connectivity index (χ4n) is 8.97. The zero-order valence-electron chi connectivity index (χ0n) is 30.0. The zero-order chi connectivity index (χ0) is 36.0. The molecule has 0 fully saturated rings. The van der Waals surface area contributed by atoms with Crippen molar-refractivity contribution in [2.75, 3.05) is 0 Å². The number of benzene rings is 8. The van der Waals surface area contributed by atoms with E-state index >= 15 is 0 Å². The first-order valence-electron chi connectivity index (χ1n) is 18.5. The van der Waals surface area contributed by atoms with E-state index in [0.29, 0.717) is 17.6 Å². The summed E-state index contributed by atoms with van der Waals surface area (Å²) in [5.41, 5.74) is 11.5. The molecule has 11 rings (SSSR count). The highest BCUT2D eigenvalue weighted by molar-refractivity contribution is 6.23. The number of aromatic nitrogens is 4. The Morgan fingerprint density at radius 2 is 1.06 bits per heavy atom. The maximum Gasteiger partial charge on any atom is 0.238 e. The maximum atomic E-state index is 5.37. The van der Waals surface area contributed by atoms with E-state index in [2.05, 4.69) is 170 Å². The summed E-state index contributed by atoms with van der Waals surface area (Å²) in [5.74, 6) is 1.86. The molecular formula is C50H34N4. The summed E-state index contributed by atoms with van der Waals surface area (Å²) in [7, 11) is 0. The van der Waals surface area contributed by atoms with Crippen molar-refractivity contribution >= 4 is 43.4 Å². The van der Waals surface area contributed by atoms with Gasteiger partial charge in [0.25, 0.3) is 0 Å². The van der Waals surface area contributed by atoms with Crippen molar-refractivity contribution in [1.82, 2.24) is 19.5 Å². The average molecular weight is 691 g/mol. The van der Waals surface area contributed by atoms with Gasteiger partial charge in [-0.3, -0.25) is 4.57 Å². The van der Waals surface area contributed by atoms with E-state index in [1.807, 2.05) is 18.2 Å². The van der Waals surface area contributed by atoms with Crippen LogP contribution in [0.4, 0.5) is 0 Å². The molecule has 4 nitrogen and oxygen atoms in total. The molecule has 2 aromatic heterocycles. The Labute approximate surface area is 313 Å². The maximum absolute atomic E-state index is 5.37. The van der Waals surface area contributed by atoms with E-state index in [9.17, 15) is 0 Å². The van der Waals surface area contributed by atoms with Crippen LogP contribution in [0.5, 0.6) is 0 Å². The predicted octanol–water partition coefficient (Wildman–Crippen LogP) is 12.6. The summed E-state index contributed by atoms with van der Waals surface area (Å²) in [6, 6.07) is 60.6. The van der Waals surface area contributed by atoms with Gasteiger partial charge in [-0.25, -0.2) is 4.98 Å². The summed E-state index contributed by atoms with van der Waals surface area (Å²) in [4.78, 5) is 15.8. The molecular weight excluding hydrogens is 657 g/mol. The Morgan fingerprint density at radius 1 is 0.444 bits per heavy atom. The van der Waals surface area contributed by atoms with E-state index in [1.165, 1.54) is 54.7 Å².